The number of nitrogens with zero attached hydrogens (tertiary/aromatic N) is 3. The molecular formula is C12H10Cl2N4O. The van der Waals surface area contributed by atoms with E-state index in [9.17, 15) is 4.79 Å². The Morgan fingerprint density at radius 3 is 2.84 bits per heavy atom. The zero-order chi connectivity index (χ0) is 13.8. The minimum absolute atomic E-state index is 0.0981. The van der Waals surface area contributed by atoms with Gasteiger partial charge in [0.15, 0.2) is 11.0 Å². The molecule has 5 nitrogen and oxygen atoms in total. The number of aromatic nitrogens is 3. The van der Waals surface area contributed by atoms with E-state index < -0.39 is 0 Å². The van der Waals surface area contributed by atoms with Gasteiger partial charge in [0.25, 0.3) is 0 Å². The molecule has 1 amide bonds. The van der Waals surface area contributed by atoms with Crippen molar-refractivity contribution in [2.75, 3.05) is 5.32 Å². The van der Waals surface area contributed by atoms with E-state index in [1.54, 1.807) is 6.20 Å². The fraction of sp³-hybridized carbons (Fsp3) is 0.167. The highest BCUT2D eigenvalue weighted by Crippen LogP contribution is 2.25. The predicted molar refractivity (Wildman–Crippen MR) is 73.4 cm³/mol. The van der Waals surface area contributed by atoms with Crippen LogP contribution in [0.3, 0.4) is 0 Å². The van der Waals surface area contributed by atoms with E-state index in [1.165, 1.54) is 6.33 Å². The largest absolute Gasteiger partial charge is 0.309 e. The molecular weight excluding hydrogens is 287 g/mol. The van der Waals surface area contributed by atoms with Crippen molar-refractivity contribution in [1.29, 1.82) is 0 Å². The molecule has 98 valence electrons. The summed E-state index contributed by atoms with van der Waals surface area (Å²) in [4.78, 5) is 23.6. The fourth-order valence-electron chi connectivity index (χ4n) is 1.47. The second-order valence-corrected chi connectivity index (χ2v) is 4.55. The van der Waals surface area contributed by atoms with Gasteiger partial charge in [-0.2, -0.15) is 0 Å². The molecule has 0 unspecified atom stereocenters. The molecule has 19 heavy (non-hydrogen) atoms. The van der Waals surface area contributed by atoms with Gasteiger partial charge in [0.05, 0.1) is 12.1 Å². The van der Waals surface area contributed by atoms with Crippen LogP contribution in [-0.2, 0) is 11.2 Å². The molecule has 2 aromatic heterocycles. The van der Waals surface area contributed by atoms with E-state index in [-0.39, 0.29) is 28.3 Å². The highest BCUT2D eigenvalue weighted by molar-refractivity contribution is 6.42. The lowest BCUT2D eigenvalue weighted by atomic mass is 10.1. The number of pyridine rings is 1. The molecule has 2 heterocycles. The van der Waals surface area contributed by atoms with Gasteiger partial charge in [0.1, 0.15) is 11.3 Å². The van der Waals surface area contributed by atoms with Crippen LogP contribution in [-0.4, -0.2) is 20.9 Å². The second kappa shape index (κ2) is 5.95. The molecule has 0 aliphatic rings. The first-order valence-electron chi connectivity index (χ1n) is 5.44. The van der Waals surface area contributed by atoms with Crippen LogP contribution in [0.5, 0.6) is 0 Å². The maximum absolute atomic E-state index is 11.9. The third-order valence-electron chi connectivity index (χ3n) is 2.45. The first-order valence-corrected chi connectivity index (χ1v) is 6.20. The number of rotatable bonds is 3. The number of carbonyl (C=O) groups is 1. The Labute approximate surface area is 120 Å². The molecule has 1 N–H and O–H groups in total. The average molecular weight is 297 g/mol. The van der Waals surface area contributed by atoms with Crippen molar-refractivity contribution in [2.45, 2.75) is 13.3 Å². The predicted octanol–water partition coefficient (Wildman–Crippen LogP) is 2.67. The Bertz CT molecular complexity index is 618. The summed E-state index contributed by atoms with van der Waals surface area (Å²) in [7, 11) is 0. The van der Waals surface area contributed by atoms with E-state index in [4.69, 9.17) is 23.2 Å². The molecule has 0 radical (unpaired) electrons. The zero-order valence-electron chi connectivity index (χ0n) is 10.0. The first kappa shape index (κ1) is 13.7. The van der Waals surface area contributed by atoms with Gasteiger partial charge in [0, 0.05) is 6.20 Å². The quantitative estimate of drug-likeness (QED) is 0.884. The number of amides is 1. The monoisotopic (exact) mass is 296 g/mol. The van der Waals surface area contributed by atoms with Gasteiger partial charge in [-0.25, -0.2) is 9.97 Å². The van der Waals surface area contributed by atoms with Crippen LogP contribution >= 0.6 is 23.2 Å². The number of nitrogens with one attached hydrogen (secondary N) is 1. The molecule has 2 rings (SSSR count). The number of carbonyl (C=O) groups excluding carboxylic acids is 1. The van der Waals surface area contributed by atoms with Gasteiger partial charge in [-0.05, 0) is 18.6 Å². The molecule has 0 aromatic carbocycles. The maximum atomic E-state index is 11.9. The summed E-state index contributed by atoms with van der Waals surface area (Å²) in [6, 6.07) is 3.71. The average Bonchev–Trinajstić information content (AvgIpc) is 2.38. The summed E-state index contributed by atoms with van der Waals surface area (Å²) in [5.41, 5.74) is 1.65. The van der Waals surface area contributed by atoms with Crippen molar-refractivity contribution in [3.05, 3.63) is 46.1 Å². The molecule has 0 saturated carbocycles. The lowest BCUT2D eigenvalue weighted by Gasteiger charge is -2.07. The standard InChI is InChI=1S/C12H10Cl2N4O/c1-7-3-2-4-15-8(7)5-9(19)18-12-10(13)11(14)16-6-17-12/h2-4,6H,5H2,1H3,(H,16,17,18,19). The van der Waals surface area contributed by atoms with Crippen LogP contribution in [0, 0.1) is 6.92 Å². The van der Waals surface area contributed by atoms with Crippen molar-refractivity contribution in [3.8, 4) is 0 Å². The summed E-state index contributed by atoms with van der Waals surface area (Å²) >= 11 is 11.6. The van der Waals surface area contributed by atoms with Crippen LogP contribution in [0.2, 0.25) is 10.2 Å². The van der Waals surface area contributed by atoms with Crippen LogP contribution in [0.4, 0.5) is 5.82 Å². The van der Waals surface area contributed by atoms with Gasteiger partial charge in [0.2, 0.25) is 5.91 Å². The highest BCUT2D eigenvalue weighted by atomic mass is 35.5. The zero-order valence-corrected chi connectivity index (χ0v) is 11.5. The fourth-order valence-corrected chi connectivity index (χ4v) is 1.75. The SMILES string of the molecule is Cc1cccnc1CC(=O)Nc1ncnc(Cl)c1Cl. The third kappa shape index (κ3) is 3.39. The maximum Gasteiger partial charge on any atom is 0.231 e. The lowest BCUT2D eigenvalue weighted by molar-refractivity contribution is -0.115. The van der Waals surface area contributed by atoms with E-state index in [1.807, 2.05) is 19.1 Å². The molecule has 7 heteroatoms. The second-order valence-electron chi connectivity index (χ2n) is 3.82. The lowest BCUT2D eigenvalue weighted by Crippen LogP contribution is -2.17. The molecule has 0 bridgehead atoms. The van der Waals surface area contributed by atoms with Crippen LogP contribution in [0.25, 0.3) is 0 Å². The Balaban J connectivity index is 2.10. The van der Waals surface area contributed by atoms with E-state index in [0.717, 1.165) is 5.56 Å². The molecule has 0 fully saturated rings. The molecule has 0 spiro atoms. The minimum atomic E-state index is -0.265. The molecule has 0 aliphatic heterocycles. The third-order valence-corrected chi connectivity index (χ3v) is 3.19. The highest BCUT2D eigenvalue weighted by Gasteiger charge is 2.12. The number of anilines is 1. The Kier molecular flexibility index (Phi) is 4.29. The Morgan fingerprint density at radius 2 is 2.11 bits per heavy atom. The minimum Gasteiger partial charge on any atom is -0.309 e. The topological polar surface area (TPSA) is 67.8 Å². The first-order chi connectivity index (χ1) is 9.08. The normalized spacial score (nSPS) is 10.3. The summed E-state index contributed by atoms with van der Waals surface area (Å²) in [5.74, 6) is -0.0706. The van der Waals surface area contributed by atoms with Crippen molar-refractivity contribution in [2.24, 2.45) is 0 Å². The number of hydrogen-bond acceptors (Lipinski definition) is 4. The van der Waals surface area contributed by atoms with Crippen molar-refractivity contribution < 1.29 is 4.79 Å². The van der Waals surface area contributed by atoms with E-state index >= 15 is 0 Å². The van der Waals surface area contributed by atoms with E-state index in [2.05, 4.69) is 20.3 Å². The summed E-state index contributed by atoms with van der Waals surface area (Å²) in [6.45, 7) is 1.89. The Hall–Kier alpha value is -1.72. The molecule has 0 aliphatic carbocycles. The van der Waals surface area contributed by atoms with Crippen LogP contribution in [0.1, 0.15) is 11.3 Å². The van der Waals surface area contributed by atoms with Crippen LogP contribution in [0.15, 0.2) is 24.7 Å². The van der Waals surface area contributed by atoms with Crippen molar-refractivity contribution in [1.82, 2.24) is 15.0 Å². The molecule has 0 saturated heterocycles. The summed E-state index contributed by atoms with van der Waals surface area (Å²) in [5, 5.41) is 2.80. The smallest absolute Gasteiger partial charge is 0.231 e. The van der Waals surface area contributed by atoms with Gasteiger partial charge < -0.3 is 5.32 Å². The van der Waals surface area contributed by atoms with Gasteiger partial charge in [-0.1, -0.05) is 29.3 Å². The summed E-state index contributed by atoms with van der Waals surface area (Å²) < 4.78 is 0. The Morgan fingerprint density at radius 1 is 1.32 bits per heavy atom. The number of halogens is 2. The molecule has 2 aromatic rings. The number of aryl methyl sites for hydroxylation is 1. The summed E-state index contributed by atoms with van der Waals surface area (Å²) in [6.07, 6.45) is 3.02. The van der Waals surface area contributed by atoms with Gasteiger partial charge in [-0.3, -0.25) is 9.78 Å². The van der Waals surface area contributed by atoms with Gasteiger partial charge in [-0.15, -0.1) is 0 Å². The van der Waals surface area contributed by atoms with E-state index in [0.29, 0.717) is 5.69 Å². The van der Waals surface area contributed by atoms with Crippen molar-refractivity contribution in [3.63, 3.8) is 0 Å². The number of hydrogen-bond donors (Lipinski definition) is 1. The van der Waals surface area contributed by atoms with Crippen LogP contribution < -0.4 is 5.32 Å². The molecule has 0 atom stereocenters. The van der Waals surface area contributed by atoms with Gasteiger partial charge >= 0.3 is 0 Å². The van der Waals surface area contributed by atoms with Crippen molar-refractivity contribution >= 4 is 34.9 Å².